The molecule has 0 aromatic heterocycles. The molecule has 1 fully saturated rings. The van der Waals surface area contributed by atoms with Crippen molar-refractivity contribution in [1.29, 1.82) is 0 Å². The molecule has 120 valence electrons. The number of amides is 1. The molecule has 1 aromatic rings. The molecule has 0 spiro atoms. The first-order valence-electron chi connectivity index (χ1n) is 8.01. The number of aliphatic hydroxyl groups is 1. The van der Waals surface area contributed by atoms with Crippen molar-refractivity contribution in [3.05, 3.63) is 34.7 Å². The minimum atomic E-state index is -1.07. The summed E-state index contributed by atoms with van der Waals surface area (Å²) < 4.78 is 0. The Hall–Kier alpha value is -1.75. The SMILES string of the molecule is CC(NC(=O)C(O)Cc1ccc(N=O)cc1)C1CCCCC1. The van der Waals surface area contributed by atoms with E-state index >= 15 is 0 Å². The van der Waals surface area contributed by atoms with E-state index in [-0.39, 0.29) is 18.4 Å². The molecule has 5 heteroatoms. The average Bonchev–Trinajstić information content (AvgIpc) is 2.56. The highest BCUT2D eigenvalue weighted by atomic mass is 16.3. The molecule has 0 heterocycles. The zero-order valence-corrected chi connectivity index (χ0v) is 13.0. The second kappa shape index (κ2) is 8.03. The fraction of sp³-hybridized carbons (Fsp3) is 0.588. The lowest BCUT2D eigenvalue weighted by molar-refractivity contribution is -0.130. The summed E-state index contributed by atoms with van der Waals surface area (Å²) in [5, 5.41) is 15.8. The van der Waals surface area contributed by atoms with Crippen LogP contribution in [0.5, 0.6) is 0 Å². The van der Waals surface area contributed by atoms with E-state index in [0.717, 1.165) is 18.4 Å². The number of nitrogens with one attached hydrogen (secondary N) is 1. The Balaban J connectivity index is 1.83. The van der Waals surface area contributed by atoms with Gasteiger partial charge in [0.05, 0.1) is 0 Å². The van der Waals surface area contributed by atoms with Gasteiger partial charge in [-0.1, -0.05) is 31.4 Å². The van der Waals surface area contributed by atoms with Crippen LogP contribution in [-0.4, -0.2) is 23.2 Å². The fourth-order valence-electron chi connectivity index (χ4n) is 3.08. The molecule has 1 aromatic carbocycles. The first-order valence-corrected chi connectivity index (χ1v) is 8.01. The van der Waals surface area contributed by atoms with E-state index in [1.54, 1.807) is 24.3 Å². The molecule has 0 saturated heterocycles. The van der Waals surface area contributed by atoms with Gasteiger partial charge in [-0.15, -0.1) is 4.91 Å². The normalized spacial score (nSPS) is 18.5. The van der Waals surface area contributed by atoms with Crippen molar-refractivity contribution >= 4 is 11.6 Å². The van der Waals surface area contributed by atoms with Gasteiger partial charge in [-0.05, 0) is 48.6 Å². The number of aliphatic hydroxyl groups excluding tert-OH is 1. The zero-order chi connectivity index (χ0) is 15.9. The molecular formula is C17H24N2O3. The highest BCUT2D eigenvalue weighted by molar-refractivity contribution is 5.81. The number of hydrogen-bond donors (Lipinski definition) is 2. The van der Waals surface area contributed by atoms with Gasteiger partial charge < -0.3 is 10.4 Å². The summed E-state index contributed by atoms with van der Waals surface area (Å²) in [6.45, 7) is 2.02. The molecule has 5 nitrogen and oxygen atoms in total. The van der Waals surface area contributed by atoms with Crippen LogP contribution in [0.25, 0.3) is 0 Å². The minimum absolute atomic E-state index is 0.101. The lowest BCUT2D eigenvalue weighted by Crippen LogP contribution is -2.44. The standard InChI is InChI=1S/C17H24N2O3/c1-12(14-5-3-2-4-6-14)18-17(21)16(20)11-13-7-9-15(19-22)10-8-13/h7-10,12,14,16,20H,2-6,11H2,1H3,(H,18,21). The fourth-order valence-corrected chi connectivity index (χ4v) is 3.08. The zero-order valence-electron chi connectivity index (χ0n) is 13.0. The number of hydrogen-bond acceptors (Lipinski definition) is 4. The van der Waals surface area contributed by atoms with Crippen molar-refractivity contribution in [3.63, 3.8) is 0 Å². The third kappa shape index (κ3) is 4.63. The maximum absolute atomic E-state index is 12.1. The molecule has 2 unspecified atom stereocenters. The van der Waals surface area contributed by atoms with Crippen molar-refractivity contribution in [3.8, 4) is 0 Å². The number of rotatable bonds is 6. The van der Waals surface area contributed by atoms with Gasteiger partial charge in [0.1, 0.15) is 11.8 Å². The lowest BCUT2D eigenvalue weighted by atomic mass is 9.84. The van der Waals surface area contributed by atoms with Gasteiger partial charge in [-0.3, -0.25) is 4.79 Å². The van der Waals surface area contributed by atoms with Gasteiger partial charge in [-0.2, -0.15) is 0 Å². The van der Waals surface area contributed by atoms with Crippen LogP contribution in [0, 0.1) is 10.8 Å². The second-order valence-electron chi connectivity index (χ2n) is 6.17. The van der Waals surface area contributed by atoms with Gasteiger partial charge in [0, 0.05) is 12.5 Å². The van der Waals surface area contributed by atoms with Crippen LogP contribution >= 0.6 is 0 Å². The molecule has 0 aliphatic heterocycles. The van der Waals surface area contributed by atoms with Gasteiger partial charge in [-0.25, -0.2) is 0 Å². The van der Waals surface area contributed by atoms with Gasteiger partial charge >= 0.3 is 0 Å². The Kier molecular flexibility index (Phi) is 6.07. The summed E-state index contributed by atoms with van der Waals surface area (Å²) in [6, 6.07) is 6.68. The van der Waals surface area contributed by atoms with E-state index in [1.165, 1.54) is 19.3 Å². The summed E-state index contributed by atoms with van der Waals surface area (Å²) in [6.07, 6.45) is 5.21. The van der Waals surface area contributed by atoms with Crippen molar-refractivity contribution in [2.45, 2.75) is 57.6 Å². The molecule has 2 rings (SSSR count). The summed E-state index contributed by atoms with van der Waals surface area (Å²) in [7, 11) is 0. The summed E-state index contributed by atoms with van der Waals surface area (Å²) >= 11 is 0. The largest absolute Gasteiger partial charge is 0.383 e. The first kappa shape index (κ1) is 16.6. The van der Waals surface area contributed by atoms with Crippen molar-refractivity contribution < 1.29 is 9.90 Å². The molecule has 2 N–H and O–H groups in total. The van der Waals surface area contributed by atoms with E-state index in [1.807, 2.05) is 6.92 Å². The van der Waals surface area contributed by atoms with Gasteiger partial charge in [0.15, 0.2) is 0 Å². The van der Waals surface area contributed by atoms with Crippen LogP contribution in [0.3, 0.4) is 0 Å². The molecule has 1 amide bonds. The van der Waals surface area contributed by atoms with E-state index < -0.39 is 6.10 Å². The van der Waals surface area contributed by atoms with E-state index in [2.05, 4.69) is 10.5 Å². The van der Waals surface area contributed by atoms with Gasteiger partial charge in [0.25, 0.3) is 0 Å². The lowest BCUT2D eigenvalue weighted by Gasteiger charge is -2.29. The number of nitrogens with zero attached hydrogens (tertiary/aromatic N) is 1. The summed E-state index contributed by atoms with van der Waals surface area (Å²) in [5.74, 6) is 0.193. The van der Waals surface area contributed by atoms with Crippen molar-refractivity contribution in [2.24, 2.45) is 11.1 Å². The Bertz CT molecular complexity index is 495. The Labute approximate surface area is 131 Å². The maximum Gasteiger partial charge on any atom is 0.249 e. The first-order chi connectivity index (χ1) is 10.6. The van der Waals surface area contributed by atoms with Crippen LogP contribution in [0.15, 0.2) is 29.4 Å². The Morgan fingerprint density at radius 2 is 1.91 bits per heavy atom. The average molecular weight is 304 g/mol. The number of nitroso groups, excluding NO2 is 1. The molecule has 0 radical (unpaired) electrons. The molecule has 2 atom stereocenters. The molecule has 1 aliphatic carbocycles. The molecular weight excluding hydrogens is 280 g/mol. The number of carbonyl (C=O) groups is 1. The van der Waals surface area contributed by atoms with Crippen LogP contribution < -0.4 is 5.32 Å². The number of carbonyl (C=O) groups excluding carboxylic acids is 1. The molecule has 1 saturated carbocycles. The van der Waals surface area contributed by atoms with Crippen LogP contribution in [0.1, 0.15) is 44.6 Å². The number of benzene rings is 1. The van der Waals surface area contributed by atoms with Crippen LogP contribution in [0.2, 0.25) is 0 Å². The second-order valence-corrected chi connectivity index (χ2v) is 6.17. The Morgan fingerprint density at radius 1 is 1.27 bits per heavy atom. The maximum atomic E-state index is 12.1. The smallest absolute Gasteiger partial charge is 0.249 e. The third-order valence-electron chi connectivity index (χ3n) is 4.50. The predicted octanol–water partition coefficient (Wildman–Crippen LogP) is 3.07. The van der Waals surface area contributed by atoms with Crippen LogP contribution in [-0.2, 0) is 11.2 Å². The third-order valence-corrected chi connectivity index (χ3v) is 4.50. The quantitative estimate of drug-likeness (QED) is 0.793. The van der Waals surface area contributed by atoms with E-state index in [9.17, 15) is 14.8 Å². The van der Waals surface area contributed by atoms with Gasteiger partial charge in [0.2, 0.25) is 5.91 Å². The molecule has 22 heavy (non-hydrogen) atoms. The van der Waals surface area contributed by atoms with Crippen LogP contribution in [0.4, 0.5) is 5.69 Å². The summed E-state index contributed by atoms with van der Waals surface area (Å²) in [5.41, 5.74) is 1.15. The van der Waals surface area contributed by atoms with E-state index in [4.69, 9.17) is 0 Å². The minimum Gasteiger partial charge on any atom is -0.383 e. The predicted molar refractivity (Wildman–Crippen MR) is 85.8 cm³/mol. The molecule has 1 aliphatic rings. The van der Waals surface area contributed by atoms with E-state index in [0.29, 0.717) is 11.6 Å². The highest BCUT2D eigenvalue weighted by Crippen LogP contribution is 2.26. The highest BCUT2D eigenvalue weighted by Gasteiger charge is 2.24. The van der Waals surface area contributed by atoms with Crippen molar-refractivity contribution in [2.75, 3.05) is 0 Å². The summed E-state index contributed by atoms with van der Waals surface area (Å²) in [4.78, 5) is 22.5. The Morgan fingerprint density at radius 3 is 2.50 bits per heavy atom. The van der Waals surface area contributed by atoms with Crippen molar-refractivity contribution in [1.82, 2.24) is 5.32 Å². The monoisotopic (exact) mass is 304 g/mol. The molecule has 0 bridgehead atoms. The topological polar surface area (TPSA) is 78.8 Å².